The van der Waals surface area contributed by atoms with E-state index in [4.69, 9.17) is 4.74 Å². The fourth-order valence-corrected chi connectivity index (χ4v) is 3.41. The van der Waals surface area contributed by atoms with Crippen molar-refractivity contribution in [3.05, 3.63) is 35.9 Å². The molecule has 2 aliphatic heterocycles. The van der Waals surface area contributed by atoms with Crippen LogP contribution in [0.4, 0.5) is 4.79 Å². The van der Waals surface area contributed by atoms with Gasteiger partial charge in [0.25, 0.3) is 0 Å². The van der Waals surface area contributed by atoms with Gasteiger partial charge in [-0.2, -0.15) is 0 Å². The van der Waals surface area contributed by atoms with E-state index in [1.165, 1.54) is 0 Å². The Balaban J connectivity index is 1.64. The van der Waals surface area contributed by atoms with Gasteiger partial charge >= 0.3 is 6.09 Å². The van der Waals surface area contributed by atoms with Crippen molar-refractivity contribution in [1.82, 2.24) is 4.90 Å². The van der Waals surface area contributed by atoms with Crippen molar-refractivity contribution in [3.8, 4) is 0 Å². The second-order valence-corrected chi connectivity index (χ2v) is 5.74. The van der Waals surface area contributed by atoms with Crippen LogP contribution in [0.25, 0.3) is 0 Å². The van der Waals surface area contributed by atoms with Gasteiger partial charge in [0.15, 0.2) is 0 Å². The zero-order valence-corrected chi connectivity index (χ0v) is 11.6. The molecule has 108 valence electrons. The lowest BCUT2D eigenvalue weighted by atomic mass is 9.99. The van der Waals surface area contributed by atoms with E-state index in [2.05, 4.69) is 0 Å². The van der Waals surface area contributed by atoms with Crippen LogP contribution in [-0.2, 0) is 11.3 Å². The van der Waals surface area contributed by atoms with Gasteiger partial charge < -0.3 is 9.84 Å². The molecule has 1 aromatic rings. The highest BCUT2D eigenvalue weighted by Crippen LogP contribution is 2.35. The molecule has 2 saturated heterocycles. The largest absolute Gasteiger partial charge is 0.445 e. The molecule has 3 unspecified atom stereocenters. The van der Waals surface area contributed by atoms with Gasteiger partial charge in [-0.1, -0.05) is 30.3 Å². The van der Waals surface area contributed by atoms with Crippen molar-refractivity contribution < 1.29 is 14.6 Å². The minimum Gasteiger partial charge on any atom is -0.445 e. The normalized spacial score (nSPS) is 29.1. The quantitative estimate of drug-likeness (QED) is 0.902. The Labute approximate surface area is 119 Å². The van der Waals surface area contributed by atoms with Crippen molar-refractivity contribution in [2.24, 2.45) is 0 Å². The topological polar surface area (TPSA) is 49.8 Å². The molecule has 2 aliphatic rings. The SMILES string of the molecule is O=C(OCc1ccccc1)N1C2CCCC(O)C1CC2. The molecule has 0 aliphatic carbocycles. The summed E-state index contributed by atoms with van der Waals surface area (Å²) in [5.41, 5.74) is 0.989. The fourth-order valence-electron chi connectivity index (χ4n) is 3.41. The predicted molar refractivity (Wildman–Crippen MR) is 75.1 cm³/mol. The summed E-state index contributed by atoms with van der Waals surface area (Å²) in [7, 11) is 0. The zero-order valence-electron chi connectivity index (χ0n) is 11.6. The minimum absolute atomic E-state index is 0.0502. The third-order valence-electron chi connectivity index (χ3n) is 4.44. The molecule has 2 heterocycles. The van der Waals surface area contributed by atoms with Crippen LogP contribution < -0.4 is 0 Å². The molecule has 2 fully saturated rings. The first kappa shape index (κ1) is 13.4. The summed E-state index contributed by atoms with van der Waals surface area (Å²) in [6, 6.07) is 9.89. The zero-order chi connectivity index (χ0) is 13.9. The Hall–Kier alpha value is -1.55. The third kappa shape index (κ3) is 2.66. The van der Waals surface area contributed by atoms with Crippen molar-refractivity contribution in [1.29, 1.82) is 0 Å². The number of nitrogens with zero attached hydrogens (tertiary/aromatic N) is 1. The number of benzene rings is 1. The Morgan fingerprint density at radius 2 is 2.00 bits per heavy atom. The number of carbonyl (C=O) groups excluding carboxylic acids is 1. The van der Waals surface area contributed by atoms with E-state index < -0.39 is 6.10 Å². The van der Waals surface area contributed by atoms with E-state index in [0.29, 0.717) is 6.61 Å². The highest BCUT2D eigenvalue weighted by Gasteiger charge is 2.43. The summed E-state index contributed by atoms with van der Waals surface area (Å²) in [5, 5.41) is 10.1. The summed E-state index contributed by atoms with van der Waals surface area (Å²) >= 11 is 0. The van der Waals surface area contributed by atoms with E-state index in [0.717, 1.165) is 37.7 Å². The van der Waals surface area contributed by atoms with Crippen molar-refractivity contribution in [2.45, 2.75) is 56.9 Å². The summed E-state index contributed by atoms with van der Waals surface area (Å²) in [6.07, 6.45) is 3.98. The first-order chi connectivity index (χ1) is 9.75. The summed E-state index contributed by atoms with van der Waals surface area (Å²) in [5.74, 6) is 0. The molecular weight excluding hydrogens is 254 g/mol. The van der Waals surface area contributed by atoms with E-state index >= 15 is 0 Å². The van der Waals surface area contributed by atoms with Gasteiger partial charge in [0.05, 0.1) is 12.1 Å². The van der Waals surface area contributed by atoms with E-state index in [1.54, 1.807) is 4.90 Å². The first-order valence-corrected chi connectivity index (χ1v) is 7.43. The molecule has 0 spiro atoms. The van der Waals surface area contributed by atoms with Crippen LogP contribution in [0.15, 0.2) is 30.3 Å². The second-order valence-electron chi connectivity index (χ2n) is 5.74. The van der Waals surface area contributed by atoms with Gasteiger partial charge in [0.2, 0.25) is 0 Å². The molecule has 3 atom stereocenters. The highest BCUT2D eigenvalue weighted by atomic mass is 16.6. The monoisotopic (exact) mass is 275 g/mol. The molecule has 4 nitrogen and oxygen atoms in total. The molecule has 1 aromatic carbocycles. The summed E-state index contributed by atoms with van der Waals surface area (Å²) in [4.78, 5) is 14.1. The van der Waals surface area contributed by atoms with E-state index in [1.807, 2.05) is 30.3 Å². The number of amides is 1. The Morgan fingerprint density at radius 1 is 1.20 bits per heavy atom. The molecule has 0 radical (unpaired) electrons. The Morgan fingerprint density at radius 3 is 2.80 bits per heavy atom. The number of ether oxygens (including phenoxy) is 1. The molecule has 0 saturated carbocycles. The number of hydrogen-bond donors (Lipinski definition) is 1. The van der Waals surface area contributed by atoms with Crippen LogP contribution in [0.3, 0.4) is 0 Å². The number of aliphatic hydroxyl groups excluding tert-OH is 1. The molecule has 1 N–H and O–H groups in total. The highest BCUT2D eigenvalue weighted by molar-refractivity contribution is 5.69. The second kappa shape index (κ2) is 5.83. The lowest BCUT2D eigenvalue weighted by molar-refractivity contribution is 0.0423. The van der Waals surface area contributed by atoms with Gasteiger partial charge in [-0.3, -0.25) is 4.90 Å². The van der Waals surface area contributed by atoms with Crippen LogP contribution in [0.5, 0.6) is 0 Å². The average Bonchev–Trinajstić information content (AvgIpc) is 2.81. The minimum atomic E-state index is -0.397. The Kier molecular flexibility index (Phi) is 3.92. The maximum Gasteiger partial charge on any atom is 0.410 e. The number of carbonyl (C=O) groups is 1. The first-order valence-electron chi connectivity index (χ1n) is 7.43. The fraction of sp³-hybridized carbons (Fsp3) is 0.562. The molecule has 1 amide bonds. The molecular formula is C16H21NO3. The van der Waals surface area contributed by atoms with Crippen molar-refractivity contribution in [3.63, 3.8) is 0 Å². The maximum absolute atomic E-state index is 12.3. The van der Waals surface area contributed by atoms with Crippen LogP contribution >= 0.6 is 0 Å². The summed E-state index contributed by atoms with van der Waals surface area (Å²) in [6.45, 7) is 0.297. The number of fused-ring (bicyclic) bond motifs is 2. The van der Waals surface area contributed by atoms with Crippen LogP contribution in [0.2, 0.25) is 0 Å². The van der Waals surface area contributed by atoms with Crippen LogP contribution in [-0.4, -0.2) is 34.3 Å². The Bertz CT molecular complexity index is 462. The average molecular weight is 275 g/mol. The van der Waals surface area contributed by atoms with Gasteiger partial charge in [-0.05, 0) is 37.7 Å². The van der Waals surface area contributed by atoms with E-state index in [9.17, 15) is 9.90 Å². The van der Waals surface area contributed by atoms with Gasteiger partial charge in [-0.15, -0.1) is 0 Å². The number of hydrogen-bond acceptors (Lipinski definition) is 3. The van der Waals surface area contributed by atoms with Crippen molar-refractivity contribution >= 4 is 6.09 Å². The van der Waals surface area contributed by atoms with Crippen molar-refractivity contribution in [2.75, 3.05) is 0 Å². The van der Waals surface area contributed by atoms with Gasteiger partial charge in [-0.25, -0.2) is 4.79 Å². The van der Waals surface area contributed by atoms with Crippen LogP contribution in [0, 0.1) is 0 Å². The van der Waals surface area contributed by atoms with Gasteiger partial charge in [0.1, 0.15) is 6.61 Å². The summed E-state index contributed by atoms with van der Waals surface area (Å²) < 4.78 is 5.43. The number of rotatable bonds is 2. The van der Waals surface area contributed by atoms with Gasteiger partial charge in [0, 0.05) is 6.04 Å². The third-order valence-corrected chi connectivity index (χ3v) is 4.44. The predicted octanol–water partition coefficient (Wildman–Crippen LogP) is 2.70. The maximum atomic E-state index is 12.3. The van der Waals surface area contributed by atoms with Crippen LogP contribution in [0.1, 0.15) is 37.7 Å². The molecule has 0 aromatic heterocycles. The number of aliphatic hydroxyl groups is 1. The molecule has 20 heavy (non-hydrogen) atoms. The lowest BCUT2D eigenvalue weighted by Crippen LogP contribution is -2.45. The smallest absolute Gasteiger partial charge is 0.410 e. The molecule has 4 heteroatoms. The lowest BCUT2D eigenvalue weighted by Gasteiger charge is -2.29. The molecule has 2 bridgehead atoms. The standard InChI is InChI=1S/C16H21NO3/c18-15-8-4-7-13-9-10-14(15)17(13)16(19)20-11-12-5-2-1-3-6-12/h1-3,5-6,13-15,18H,4,7-11H2. The molecule has 3 rings (SSSR count). The van der Waals surface area contributed by atoms with E-state index in [-0.39, 0.29) is 18.2 Å².